The molecule has 5 nitrogen and oxygen atoms in total. The molecule has 7 heteroatoms. The number of rotatable bonds is 7. The Morgan fingerprint density at radius 2 is 2.00 bits per heavy atom. The maximum atomic E-state index is 12.8. The van der Waals surface area contributed by atoms with Crippen molar-refractivity contribution in [3.63, 3.8) is 0 Å². The highest BCUT2D eigenvalue weighted by Gasteiger charge is 2.19. The van der Waals surface area contributed by atoms with E-state index in [4.69, 9.17) is 4.74 Å². The van der Waals surface area contributed by atoms with E-state index >= 15 is 0 Å². The number of amides is 1. The first kappa shape index (κ1) is 20.2. The van der Waals surface area contributed by atoms with Gasteiger partial charge in [0.1, 0.15) is 0 Å². The van der Waals surface area contributed by atoms with Crippen molar-refractivity contribution < 1.29 is 23.0 Å². The van der Waals surface area contributed by atoms with Crippen molar-refractivity contribution in [2.75, 3.05) is 13.7 Å². The summed E-state index contributed by atoms with van der Waals surface area (Å²) in [6, 6.07) is 10.6. The van der Waals surface area contributed by atoms with E-state index in [-0.39, 0.29) is 17.4 Å². The number of fused-ring (bicyclic) bond motifs is 3. The van der Waals surface area contributed by atoms with Crippen LogP contribution in [0, 0.1) is 0 Å². The Labute approximate surface area is 173 Å². The quantitative estimate of drug-likeness (QED) is 0.593. The molecule has 2 N–H and O–H groups in total. The lowest BCUT2D eigenvalue weighted by Gasteiger charge is -2.12. The molecule has 1 heterocycles. The Morgan fingerprint density at radius 3 is 2.80 bits per heavy atom. The fraction of sp³-hybridized carbons (Fsp3) is 0.348. The molecule has 1 aromatic heterocycles. The first-order valence-corrected chi connectivity index (χ1v) is 10.1. The second-order valence-corrected chi connectivity index (χ2v) is 7.39. The summed E-state index contributed by atoms with van der Waals surface area (Å²) in [4.78, 5) is 16.3. The second kappa shape index (κ2) is 8.73. The number of hydrogen-bond acceptors (Lipinski definition) is 3. The number of aromatic amines is 1. The summed E-state index contributed by atoms with van der Waals surface area (Å²) in [5.74, 6) is 0.0901. The lowest BCUT2D eigenvalue weighted by atomic mass is 9.95. The number of methoxy groups -OCH3 is 1. The third-order valence-electron chi connectivity index (χ3n) is 5.52. The van der Waals surface area contributed by atoms with Crippen molar-refractivity contribution in [2.45, 2.75) is 38.7 Å². The highest BCUT2D eigenvalue weighted by atomic mass is 19.3. The molecule has 0 saturated heterocycles. The summed E-state index contributed by atoms with van der Waals surface area (Å²) < 4.78 is 34.5. The van der Waals surface area contributed by atoms with Gasteiger partial charge in [0.15, 0.2) is 11.5 Å². The van der Waals surface area contributed by atoms with Gasteiger partial charge < -0.3 is 19.8 Å². The van der Waals surface area contributed by atoms with E-state index in [0.29, 0.717) is 18.5 Å². The maximum Gasteiger partial charge on any atom is 0.387 e. The highest BCUT2D eigenvalue weighted by Crippen LogP contribution is 2.31. The molecule has 30 heavy (non-hydrogen) atoms. The Hall–Kier alpha value is -3.09. The molecule has 0 saturated carbocycles. The predicted octanol–water partition coefficient (Wildman–Crippen LogP) is 4.63. The van der Waals surface area contributed by atoms with Crippen LogP contribution in [0.2, 0.25) is 0 Å². The monoisotopic (exact) mass is 414 g/mol. The first-order valence-electron chi connectivity index (χ1n) is 10.1. The van der Waals surface area contributed by atoms with Crippen LogP contribution in [-0.4, -0.2) is 31.2 Å². The average molecular weight is 414 g/mol. The van der Waals surface area contributed by atoms with E-state index in [1.165, 1.54) is 37.3 Å². The van der Waals surface area contributed by atoms with Gasteiger partial charge in [-0.2, -0.15) is 8.78 Å². The van der Waals surface area contributed by atoms with Crippen molar-refractivity contribution >= 4 is 16.8 Å². The number of hydrogen-bond donors (Lipinski definition) is 2. The molecule has 0 bridgehead atoms. The zero-order valence-corrected chi connectivity index (χ0v) is 16.8. The number of halogens is 2. The van der Waals surface area contributed by atoms with Crippen LogP contribution in [0.1, 0.15) is 40.0 Å². The number of aromatic nitrogens is 1. The average Bonchev–Trinajstić information content (AvgIpc) is 3.13. The van der Waals surface area contributed by atoms with Gasteiger partial charge >= 0.3 is 6.61 Å². The molecule has 0 atom stereocenters. The van der Waals surface area contributed by atoms with Gasteiger partial charge in [0.2, 0.25) is 0 Å². The summed E-state index contributed by atoms with van der Waals surface area (Å²) >= 11 is 0. The van der Waals surface area contributed by atoms with E-state index in [2.05, 4.69) is 21.1 Å². The first-order chi connectivity index (χ1) is 14.6. The van der Waals surface area contributed by atoms with Gasteiger partial charge in [-0.1, -0.05) is 18.2 Å². The number of benzene rings is 2. The standard InChI is InChI=1S/C23H24F2N2O3/c1-29-20-13-14(9-10-19(20)30-23(24)25)11-12-26-22(28)17-7-4-6-16-15-5-2-3-8-18(15)27-21(16)17/h4,6-7,9-10,13,23,27H,2-3,5,8,11-12H2,1H3,(H,26,28). The normalized spacial score (nSPS) is 13.3. The number of carbonyl (C=O) groups is 1. The van der Waals surface area contributed by atoms with Crippen LogP contribution in [0.25, 0.3) is 10.9 Å². The van der Waals surface area contributed by atoms with Crippen molar-refractivity contribution in [1.82, 2.24) is 10.3 Å². The Kier molecular flexibility index (Phi) is 5.88. The molecule has 0 radical (unpaired) electrons. The number of H-pyrrole nitrogens is 1. The SMILES string of the molecule is COc1cc(CCNC(=O)c2cccc3c4c([nH]c23)CCCC4)ccc1OC(F)F. The smallest absolute Gasteiger partial charge is 0.387 e. The summed E-state index contributed by atoms with van der Waals surface area (Å²) in [5.41, 5.74) is 4.97. The van der Waals surface area contributed by atoms with Crippen LogP contribution >= 0.6 is 0 Å². The minimum atomic E-state index is -2.91. The van der Waals surface area contributed by atoms with Crippen LogP contribution < -0.4 is 14.8 Å². The molecule has 1 aliphatic carbocycles. The van der Waals surface area contributed by atoms with Crippen molar-refractivity contribution in [3.05, 3.63) is 58.8 Å². The summed E-state index contributed by atoms with van der Waals surface area (Å²) in [7, 11) is 1.40. The summed E-state index contributed by atoms with van der Waals surface area (Å²) in [6.45, 7) is -2.50. The molecule has 2 aromatic carbocycles. The zero-order valence-electron chi connectivity index (χ0n) is 16.8. The van der Waals surface area contributed by atoms with Gasteiger partial charge in [0.25, 0.3) is 5.91 Å². The molecule has 1 amide bonds. The molecular formula is C23H24F2N2O3. The third kappa shape index (κ3) is 4.10. The Morgan fingerprint density at radius 1 is 1.17 bits per heavy atom. The molecule has 0 spiro atoms. The number of ether oxygens (including phenoxy) is 2. The lowest BCUT2D eigenvalue weighted by molar-refractivity contribution is -0.0512. The third-order valence-corrected chi connectivity index (χ3v) is 5.52. The number of carbonyl (C=O) groups excluding carboxylic acids is 1. The number of nitrogens with one attached hydrogen (secondary N) is 2. The minimum absolute atomic E-state index is 0.0114. The van der Waals surface area contributed by atoms with E-state index in [1.807, 2.05) is 12.1 Å². The molecular weight excluding hydrogens is 390 g/mol. The number of alkyl halides is 2. The molecule has 3 aromatic rings. The van der Waals surface area contributed by atoms with Crippen molar-refractivity contribution in [2.24, 2.45) is 0 Å². The predicted molar refractivity (Wildman–Crippen MR) is 111 cm³/mol. The molecule has 158 valence electrons. The van der Waals surface area contributed by atoms with Gasteiger partial charge in [-0.05, 0) is 61.4 Å². The van der Waals surface area contributed by atoms with Crippen LogP contribution in [0.15, 0.2) is 36.4 Å². The van der Waals surface area contributed by atoms with Crippen molar-refractivity contribution in [1.29, 1.82) is 0 Å². The van der Waals surface area contributed by atoms with Gasteiger partial charge in [-0.15, -0.1) is 0 Å². The topological polar surface area (TPSA) is 63.3 Å². The lowest BCUT2D eigenvalue weighted by Crippen LogP contribution is -2.26. The molecule has 4 rings (SSSR count). The second-order valence-electron chi connectivity index (χ2n) is 7.39. The number of aryl methyl sites for hydroxylation is 2. The summed E-state index contributed by atoms with van der Waals surface area (Å²) in [5, 5.41) is 4.09. The maximum absolute atomic E-state index is 12.8. The molecule has 1 aliphatic rings. The number of para-hydroxylation sites is 1. The Balaban J connectivity index is 1.44. The minimum Gasteiger partial charge on any atom is -0.493 e. The van der Waals surface area contributed by atoms with E-state index < -0.39 is 6.61 Å². The van der Waals surface area contributed by atoms with E-state index in [9.17, 15) is 13.6 Å². The highest BCUT2D eigenvalue weighted by molar-refractivity contribution is 6.06. The van der Waals surface area contributed by atoms with Gasteiger partial charge in [-0.25, -0.2) is 0 Å². The molecule has 0 aliphatic heterocycles. The van der Waals surface area contributed by atoms with Crippen LogP contribution in [0.5, 0.6) is 11.5 Å². The molecule has 0 unspecified atom stereocenters. The van der Waals surface area contributed by atoms with Gasteiger partial charge in [0, 0.05) is 17.6 Å². The Bertz CT molecular complexity index is 1060. The van der Waals surface area contributed by atoms with Gasteiger partial charge in [-0.3, -0.25) is 4.79 Å². The summed E-state index contributed by atoms with van der Waals surface area (Å²) in [6.07, 6.45) is 4.97. The van der Waals surface area contributed by atoms with E-state index in [0.717, 1.165) is 29.3 Å². The van der Waals surface area contributed by atoms with E-state index in [1.54, 1.807) is 12.1 Å². The van der Waals surface area contributed by atoms with Crippen LogP contribution in [0.3, 0.4) is 0 Å². The molecule has 0 fully saturated rings. The van der Waals surface area contributed by atoms with Crippen LogP contribution in [-0.2, 0) is 19.3 Å². The zero-order chi connectivity index (χ0) is 21.1. The fourth-order valence-electron chi connectivity index (χ4n) is 4.10. The van der Waals surface area contributed by atoms with Crippen LogP contribution in [0.4, 0.5) is 8.78 Å². The van der Waals surface area contributed by atoms with Crippen molar-refractivity contribution in [3.8, 4) is 11.5 Å². The fourth-order valence-corrected chi connectivity index (χ4v) is 4.10. The largest absolute Gasteiger partial charge is 0.493 e. The van der Waals surface area contributed by atoms with Gasteiger partial charge in [0.05, 0.1) is 18.2 Å².